The van der Waals surface area contributed by atoms with E-state index in [0.29, 0.717) is 16.9 Å². The lowest BCUT2D eigenvalue weighted by Crippen LogP contribution is -2.22. The number of aromatic nitrogens is 1. The smallest absolute Gasteiger partial charge is 0.213 e. The summed E-state index contributed by atoms with van der Waals surface area (Å²) >= 11 is 8.93. The van der Waals surface area contributed by atoms with Crippen molar-refractivity contribution in [1.82, 2.24) is 4.98 Å². The minimum Gasteiger partial charge on any atom is -0.390 e. The molecule has 2 aromatic rings. The van der Waals surface area contributed by atoms with Crippen LogP contribution >= 0.6 is 27.5 Å². The Morgan fingerprint density at radius 3 is 2.86 bits per heavy atom. The number of aliphatic hydroxyl groups excluding tert-OH is 1. The third-order valence-corrected chi connectivity index (χ3v) is 3.68. The van der Waals surface area contributed by atoms with Gasteiger partial charge in [0, 0.05) is 28.5 Å². The average Bonchev–Trinajstić information content (AvgIpc) is 2.53. The van der Waals surface area contributed by atoms with Gasteiger partial charge in [-0.25, -0.2) is 0 Å². The zero-order valence-corrected chi connectivity index (χ0v) is 13.4. The second kappa shape index (κ2) is 7.54. The molecule has 0 aliphatic rings. The number of carbonyl (C=O) groups excluding carboxylic acids is 1. The quantitative estimate of drug-likeness (QED) is 0.607. The molecule has 0 aliphatic carbocycles. The highest BCUT2D eigenvalue weighted by atomic mass is 79.9. The molecule has 1 aromatic heterocycles. The van der Waals surface area contributed by atoms with Crippen molar-refractivity contribution in [1.29, 1.82) is 0 Å². The number of alkyl halides is 1. The van der Waals surface area contributed by atoms with E-state index in [1.54, 1.807) is 36.5 Å². The summed E-state index contributed by atoms with van der Waals surface area (Å²) < 4.78 is 0.797. The average molecular weight is 370 g/mol. The molecule has 0 aliphatic heterocycles. The molecule has 0 amide bonds. The fourth-order valence-electron chi connectivity index (χ4n) is 1.78. The van der Waals surface area contributed by atoms with Gasteiger partial charge in [0.05, 0.1) is 12.0 Å². The van der Waals surface area contributed by atoms with Crippen LogP contribution in [-0.4, -0.2) is 34.4 Å². The van der Waals surface area contributed by atoms with E-state index in [4.69, 9.17) is 11.6 Å². The summed E-state index contributed by atoms with van der Waals surface area (Å²) in [4.78, 5) is 16.6. The summed E-state index contributed by atoms with van der Waals surface area (Å²) in [5, 5.41) is 12.6. The number of nitrogens with zero attached hydrogens (tertiary/aromatic N) is 1. The van der Waals surface area contributed by atoms with E-state index in [2.05, 4.69) is 26.2 Å². The lowest BCUT2D eigenvalue weighted by molar-refractivity contribution is 0.103. The molecule has 4 nitrogen and oxygen atoms in total. The number of anilines is 1. The van der Waals surface area contributed by atoms with Gasteiger partial charge in [-0.2, -0.15) is 0 Å². The van der Waals surface area contributed by atoms with E-state index in [9.17, 15) is 9.90 Å². The minimum atomic E-state index is -0.673. The predicted octanol–water partition coefficient (Wildman–Crippen LogP) is 3.09. The lowest BCUT2D eigenvalue weighted by Gasteiger charge is -2.14. The summed E-state index contributed by atoms with van der Waals surface area (Å²) in [7, 11) is 0. The number of nitrogens with one attached hydrogen (secondary N) is 1. The summed E-state index contributed by atoms with van der Waals surface area (Å²) in [5.74, 6) is -0.0488. The van der Waals surface area contributed by atoms with Gasteiger partial charge in [0.2, 0.25) is 5.78 Å². The standard InChI is InChI=1S/C15H14BrClN2O2/c16-10-4-5-13(19-9-11(20)8-17)12(7-10)15(21)14-3-1-2-6-18-14/h1-7,11,19-20H,8-9H2. The molecule has 0 spiro atoms. The fourth-order valence-corrected chi connectivity index (χ4v) is 2.25. The number of ketones is 1. The van der Waals surface area contributed by atoms with E-state index in [-0.39, 0.29) is 18.2 Å². The van der Waals surface area contributed by atoms with Gasteiger partial charge in [-0.15, -0.1) is 11.6 Å². The molecule has 2 N–H and O–H groups in total. The molecule has 0 radical (unpaired) electrons. The van der Waals surface area contributed by atoms with Gasteiger partial charge in [0.1, 0.15) is 5.69 Å². The van der Waals surface area contributed by atoms with Crippen LogP contribution in [0.1, 0.15) is 16.1 Å². The molecule has 1 heterocycles. The molecular weight excluding hydrogens is 356 g/mol. The van der Waals surface area contributed by atoms with Crippen molar-refractivity contribution < 1.29 is 9.90 Å². The third kappa shape index (κ3) is 4.27. The van der Waals surface area contributed by atoms with E-state index in [1.807, 2.05) is 6.07 Å². The number of benzene rings is 1. The highest BCUT2D eigenvalue weighted by Gasteiger charge is 2.15. The van der Waals surface area contributed by atoms with Crippen LogP contribution < -0.4 is 5.32 Å². The first-order valence-electron chi connectivity index (χ1n) is 6.35. The maximum atomic E-state index is 12.5. The van der Waals surface area contributed by atoms with Crippen molar-refractivity contribution in [3.05, 3.63) is 58.3 Å². The summed E-state index contributed by atoms with van der Waals surface area (Å²) in [6, 6.07) is 10.5. The highest BCUT2D eigenvalue weighted by Crippen LogP contribution is 2.23. The van der Waals surface area contributed by atoms with Crippen LogP contribution in [0.5, 0.6) is 0 Å². The van der Waals surface area contributed by atoms with Gasteiger partial charge < -0.3 is 10.4 Å². The number of carbonyl (C=O) groups is 1. The van der Waals surface area contributed by atoms with Crippen LogP contribution in [0.15, 0.2) is 47.1 Å². The van der Waals surface area contributed by atoms with Gasteiger partial charge in [-0.1, -0.05) is 22.0 Å². The van der Waals surface area contributed by atoms with Gasteiger partial charge >= 0.3 is 0 Å². The van der Waals surface area contributed by atoms with Crippen molar-refractivity contribution in [3.63, 3.8) is 0 Å². The maximum absolute atomic E-state index is 12.5. The summed E-state index contributed by atoms with van der Waals surface area (Å²) in [6.07, 6.45) is 0.906. The Balaban J connectivity index is 2.29. The second-order valence-corrected chi connectivity index (χ2v) is 5.65. The number of rotatable bonds is 6. The Bertz CT molecular complexity index is 622. The predicted molar refractivity (Wildman–Crippen MR) is 87.0 cm³/mol. The van der Waals surface area contributed by atoms with Crippen molar-refractivity contribution in [3.8, 4) is 0 Å². The first-order valence-corrected chi connectivity index (χ1v) is 7.67. The Morgan fingerprint density at radius 2 is 2.19 bits per heavy atom. The summed E-state index contributed by atoms with van der Waals surface area (Å²) in [5.41, 5.74) is 1.50. The Hall–Kier alpha value is -1.43. The third-order valence-electron chi connectivity index (χ3n) is 2.83. The largest absolute Gasteiger partial charge is 0.390 e. The van der Waals surface area contributed by atoms with E-state index >= 15 is 0 Å². The van der Waals surface area contributed by atoms with E-state index < -0.39 is 6.10 Å². The Kier molecular flexibility index (Phi) is 5.73. The number of hydrogen-bond acceptors (Lipinski definition) is 4. The Morgan fingerprint density at radius 1 is 1.38 bits per heavy atom. The molecule has 110 valence electrons. The van der Waals surface area contributed by atoms with Crippen LogP contribution in [-0.2, 0) is 0 Å². The van der Waals surface area contributed by atoms with E-state index in [1.165, 1.54) is 0 Å². The molecular formula is C15H14BrClN2O2. The van der Waals surface area contributed by atoms with Gasteiger partial charge in [-0.05, 0) is 30.3 Å². The molecule has 0 saturated heterocycles. The molecule has 0 saturated carbocycles. The fraction of sp³-hybridized carbons (Fsp3) is 0.200. The Labute approximate surface area is 136 Å². The molecule has 0 bridgehead atoms. The van der Waals surface area contributed by atoms with Crippen LogP contribution in [0.25, 0.3) is 0 Å². The minimum absolute atomic E-state index is 0.132. The molecule has 2 rings (SSSR count). The van der Waals surface area contributed by atoms with Crippen molar-refractivity contribution in [2.24, 2.45) is 0 Å². The van der Waals surface area contributed by atoms with Crippen molar-refractivity contribution >= 4 is 39.0 Å². The molecule has 21 heavy (non-hydrogen) atoms. The SMILES string of the molecule is O=C(c1ccccn1)c1cc(Br)ccc1NCC(O)CCl. The first kappa shape index (κ1) is 15.9. The molecule has 0 fully saturated rings. The number of hydrogen-bond donors (Lipinski definition) is 2. The van der Waals surface area contributed by atoms with E-state index in [0.717, 1.165) is 4.47 Å². The van der Waals surface area contributed by atoms with Crippen LogP contribution in [0.4, 0.5) is 5.69 Å². The molecule has 1 atom stereocenters. The van der Waals surface area contributed by atoms with Crippen LogP contribution in [0.3, 0.4) is 0 Å². The van der Waals surface area contributed by atoms with Crippen LogP contribution in [0, 0.1) is 0 Å². The molecule has 6 heteroatoms. The van der Waals surface area contributed by atoms with Crippen molar-refractivity contribution in [2.75, 3.05) is 17.7 Å². The second-order valence-electron chi connectivity index (χ2n) is 4.42. The maximum Gasteiger partial charge on any atom is 0.213 e. The topological polar surface area (TPSA) is 62.2 Å². The highest BCUT2D eigenvalue weighted by molar-refractivity contribution is 9.10. The molecule has 1 aromatic carbocycles. The lowest BCUT2D eigenvalue weighted by atomic mass is 10.1. The monoisotopic (exact) mass is 368 g/mol. The molecule has 1 unspecified atom stereocenters. The van der Waals surface area contributed by atoms with Gasteiger partial charge in [-0.3, -0.25) is 9.78 Å². The normalized spacial score (nSPS) is 12.0. The zero-order valence-electron chi connectivity index (χ0n) is 11.1. The number of aliphatic hydroxyl groups is 1. The first-order chi connectivity index (χ1) is 10.1. The van der Waals surface area contributed by atoms with Gasteiger partial charge in [0.25, 0.3) is 0 Å². The van der Waals surface area contributed by atoms with Crippen LogP contribution in [0.2, 0.25) is 0 Å². The number of halogens is 2. The number of pyridine rings is 1. The summed E-state index contributed by atoms with van der Waals surface area (Å²) in [6.45, 7) is 0.271. The zero-order chi connectivity index (χ0) is 15.2. The van der Waals surface area contributed by atoms with Crippen molar-refractivity contribution in [2.45, 2.75) is 6.10 Å². The van der Waals surface area contributed by atoms with Gasteiger partial charge in [0.15, 0.2) is 0 Å².